The lowest BCUT2D eigenvalue weighted by molar-refractivity contribution is -0.139. The highest BCUT2D eigenvalue weighted by molar-refractivity contribution is 6.39. The van der Waals surface area contributed by atoms with Gasteiger partial charge in [-0.25, -0.2) is 9.18 Å². The summed E-state index contributed by atoms with van der Waals surface area (Å²) in [6.45, 7) is -1.02. The molecule has 0 fully saturated rings. The van der Waals surface area contributed by atoms with Crippen LogP contribution in [-0.2, 0) is 16.2 Å². The number of nitrogens with one attached hydrogen (secondary N) is 3. The van der Waals surface area contributed by atoms with Gasteiger partial charge in [-0.05, 0) is 53.4 Å². The second kappa shape index (κ2) is 13.5. The number of guanidine groups is 1. The molecule has 0 bridgehead atoms. The zero-order valence-electron chi connectivity index (χ0n) is 18.2. The van der Waals surface area contributed by atoms with Crippen LogP contribution in [0.4, 0.5) is 4.39 Å². The molecule has 0 radical (unpaired) electrons. The van der Waals surface area contributed by atoms with E-state index in [9.17, 15) is 29.3 Å². The maximum absolute atomic E-state index is 12.7. The minimum absolute atomic E-state index is 0.0318. The van der Waals surface area contributed by atoms with Gasteiger partial charge in [-0.1, -0.05) is 35.3 Å². The average molecular weight is 532 g/mol. The largest absolute Gasteiger partial charge is 0.508 e. The van der Waals surface area contributed by atoms with Gasteiger partial charge in [0.2, 0.25) is 12.1 Å². The normalized spacial score (nSPS) is 13.0. The molecule has 190 valence electrons. The number of rotatable bonds is 11. The number of nitrogens with two attached hydrogens (primary N) is 1. The zero-order chi connectivity index (χ0) is 26.0. The third kappa shape index (κ3) is 8.44. The minimum Gasteiger partial charge on any atom is -0.508 e. The van der Waals surface area contributed by atoms with Gasteiger partial charge in [-0.2, -0.15) is 0 Å². The van der Waals surface area contributed by atoms with E-state index in [2.05, 4.69) is 26.0 Å². The smallest absolute Gasteiger partial charge is 0.347 e. The van der Waals surface area contributed by atoms with E-state index in [0.29, 0.717) is 17.5 Å². The molecular weight excluding hydrogens is 508 g/mol. The molecule has 2 aromatic rings. The quantitative estimate of drug-likeness (QED) is 0.0984. The number of amides is 1. The van der Waals surface area contributed by atoms with Crippen molar-refractivity contribution >= 4 is 41.0 Å². The lowest BCUT2D eigenvalue weighted by Gasteiger charge is -2.19. The van der Waals surface area contributed by atoms with Crippen molar-refractivity contribution in [3.8, 4) is 5.75 Å². The number of aliphatic hydroxyl groups is 1. The molecule has 8 N–H and O–H groups in total. The fourth-order valence-electron chi connectivity index (χ4n) is 3.02. The number of phenolic OH excluding ortho intramolecular Hbond substituents is 1. The van der Waals surface area contributed by atoms with Crippen LogP contribution in [0.25, 0.3) is 0 Å². The van der Waals surface area contributed by atoms with Crippen molar-refractivity contribution in [1.29, 1.82) is 0 Å². The maximum atomic E-state index is 12.7. The molecule has 0 spiro atoms. The first-order chi connectivity index (χ1) is 16.7. The Kier molecular flexibility index (Phi) is 10.8. The van der Waals surface area contributed by atoms with Crippen molar-refractivity contribution in [2.45, 2.75) is 25.1 Å². The number of hydrogen-bond acceptors (Lipinski definition) is 7. The van der Waals surface area contributed by atoms with Crippen molar-refractivity contribution < 1.29 is 34.2 Å². The third-order valence-electron chi connectivity index (χ3n) is 4.62. The van der Waals surface area contributed by atoms with Gasteiger partial charge in [-0.3, -0.25) is 9.73 Å². The van der Waals surface area contributed by atoms with Gasteiger partial charge in [0.25, 0.3) is 5.91 Å². The Morgan fingerprint density at radius 1 is 1.17 bits per heavy atom. The number of aliphatic hydroxyl groups excluding tert-OH is 1. The fraction of sp³-hybridized carbons (Fsp3) is 0.286. The molecule has 2 aromatic carbocycles. The van der Waals surface area contributed by atoms with Crippen molar-refractivity contribution in [2.24, 2.45) is 11.1 Å². The highest BCUT2D eigenvalue weighted by Crippen LogP contribution is 2.29. The van der Waals surface area contributed by atoms with Crippen molar-refractivity contribution in [3.05, 3.63) is 63.1 Å². The Labute approximate surface area is 209 Å². The number of oxime groups is 1. The first-order valence-corrected chi connectivity index (χ1v) is 10.9. The average Bonchev–Trinajstić information content (AvgIpc) is 2.80. The second-order valence-corrected chi connectivity index (χ2v) is 7.95. The molecule has 11 nitrogen and oxygen atoms in total. The molecule has 14 heteroatoms. The van der Waals surface area contributed by atoms with Gasteiger partial charge < -0.3 is 31.3 Å². The summed E-state index contributed by atoms with van der Waals surface area (Å²) in [7, 11) is 0. The molecule has 0 aliphatic carbocycles. The monoisotopic (exact) mass is 531 g/mol. The third-order valence-corrected chi connectivity index (χ3v) is 5.22. The number of alkyl halides is 1. The van der Waals surface area contributed by atoms with E-state index in [1.54, 1.807) is 12.1 Å². The predicted octanol–water partition coefficient (Wildman–Crippen LogP) is 1.82. The second-order valence-electron chi connectivity index (χ2n) is 7.13. The van der Waals surface area contributed by atoms with E-state index in [0.717, 1.165) is 0 Å². The van der Waals surface area contributed by atoms with Crippen LogP contribution in [0.5, 0.6) is 5.75 Å². The van der Waals surface area contributed by atoms with Gasteiger partial charge in [0.15, 0.2) is 0 Å². The standard InChI is InChI=1S/C21H24Cl2FN5O6/c22-14-8-11(4-5-16(31)12-2-1-3-13(30)10-12)9-15(23)17(14)19(32)27-18(20(33)34)28-21(29-35-25)26-7-6-24/h1-3,8-10,16,18,30-31H,4-7,25H2,(H,27,32)(H,33,34)(H2,26,28,29). The number of aliphatic carboxylic acids is 1. The number of carbonyl (C=O) groups is 2. The Morgan fingerprint density at radius 3 is 2.43 bits per heavy atom. The maximum Gasteiger partial charge on any atom is 0.347 e. The molecule has 0 saturated carbocycles. The molecule has 0 aliphatic heterocycles. The van der Waals surface area contributed by atoms with Crippen LogP contribution in [0.15, 0.2) is 41.6 Å². The molecule has 2 atom stereocenters. The van der Waals surface area contributed by atoms with Gasteiger partial charge >= 0.3 is 5.97 Å². The number of hydrogen-bond donors (Lipinski definition) is 7. The molecule has 1 amide bonds. The predicted molar refractivity (Wildman–Crippen MR) is 127 cm³/mol. The Balaban J connectivity index is 2.11. The lowest BCUT2D eigenvalue weighted by Crippen LogP contribution is -2.56. The molecule has 0 aliphatic rings. The van der Waals surface area contributed by atoms with Crippen LogP contribution in [0.2, 0.25) is 10.0 Å². The topological polar surface area (TPSA) is 179 Å². The van der Waals surface area contributed by atoms with E-state index in [-0.39, 0.29) is 40.3 Å². The summed E-state index contributed by atoms with van der Waals surface area (Å²) in [4.78, 5) is 28.4. The zero-order valence-corrected chi connectivity index (χ0v) is 19.7. The number of aryl methyl sites for hydroxylation is 1. The molecule has 0 aromatic heterocycles. The number of benzene rings is 2. The van der Waals surface area contributed by atoms with Crippen molar-refractivity contribution in [3.63, 3.8) is 0 Å². The van der Waals surface area contributed by atoms with Crippen LogP contribution < -0.4 is 21.8 Å². The lowest BCUT2D eigenvalue weighted by atomic mass is 10.00. The summed E-state index contributed by atoms with van der Waals surface area (Å²) in [6.07, 6.45) is -1.96. The van der Waals surface area contributed by atoms with Crippen LogP contribution in [0.1, 0.15) is 34.0 Å². The number of carboxylic acids is 1. The van der Waals surface area contributed by atoms with Gasteiger partial charge in [0.05, 0.1) is 21.7 Å². The molecule has 2 unspecified atom stereocenters. The number of carboxylic acid groups (broad SMARTS) is 1. The van der Waals surface area contributed by atoms with E-state index < -0.39 is 30.8 Å². The number of phenols is 1. The SMILES string of the molecule is NO/N=C(/NCCF)NC(NC(=O)c1c(Cl)cc(CCC(O)c2cccc(O)c2)cc1Cl)C(=O)O. The van der Waals surface area contributed by atoms with Crippen LogP contribution in [0.3, 0.4) is 0 Å². The summed E-state index contributed by atoms with van der Waals surface area (Å²) in [6, 6.07) is 9.17. The van der Waals surface area contributed by atoms with E-state index in [1.165, 1.54) is 24.3 Å². The summed E-state index contributed by atoms with van der Waals surface area (Å²) in [5.41, 5.74) is 0.979. The fourth-order valence-corrected chi connectivity index (χ4v) is 3.72. The summed E-state index contributed by atoms with van der Waals surface area (Å²) >= 11 is 12.5. The summed E-state index contributed by atoms with van der Waals surface area (Å²) in [5, 5.41) is 39.4. The van der Waals surface area contributed by atoms with E-state index >= 15 is 0 Å². The molecule has 35 heavy (non-hydrogen) atoms. The molecule has 0 saturated heterocycles. The molecular formula is C21H24Cl2FN5O6. The summed E-state index contributed by atoms with van der Waals surface area (Å²) in [5.74, 6) is 2.10. The van der Waals surface area contributed by atoms with Gasteiger partial charge in [-0.15, -0.1) is 5.90 Å². The molecule has 2 rings (SSSR count). The number of halogens is 3. The van der Waals surface area contributed by atoms with Crippen LogP contribution >= 0.6 is 23.2 Å². The Morgan fingerprint density at radius 2 is 1.86 bits per heavy atom. The first kappa shape index (κ1) is 27.9. The van der Waals surface area contributed by atoms with Gasteiger partial charge in [0.1, 0.15) is 12.4 Å². The van der Waals surface area contributed by atoms with Crippen molar-refractivity contribution in [1.82, 2.24) is 16.0 Å². The van der Waals surface area contributed by atoms with Crippen LogP contribution in [0, 0.1) is 0 Å². The Hall–Kier alpha value is -3.32. The Bertz CT molecular complexity index is 1050. The number of carbonyl (C=O) groups excluding carboxylic acids is 1. The first-order valence-electron chi connectivity index (χ1n) is 10.1. The van der Waals surface area contributed by atoms with Crippen LogP contribution in [-0.4, -0.2) is 52.5 Å². The minimum atomic E-state index is -1.73. The highest BCUT2D eigenvalue weighted by atomic mass is 35.5. The van der Waals surface area contributed by atoms with Crippen molar-refractivity contribution in [2.75, 3.05) is 13.2 Å². The van der Waals surface area contributed by atoms with E-state index in [4.69, 9.17) is 29.1 Å². The summed E-state index contributed by atoms with van der Waals surface area (Å²) < 4.78 is 12.4. The number of aromatic hydroxyl groups is 1. The highest BCUT2D eigenvalue weighted by Gasteiger charge is 2.25. The van der Waals surface area contributed by atoms with Gasteiger partial charge in [0, 0.05) is 6.54 Å². The number of nitrogens with zero attached hydrogens (tertiary/aromatic N) is 1. The van der Waals surface area contributed by atoms with E-state index in [1.807, 2.05) is 0 Å². The molecule has 0 heterocycles.